The van der Waals surface area contributed by atoms with Gasteiger partial charge in [0.15, 0.2) is 0 Å². The summed E-state index contributed by atoms with van der Waals surface area (Å²) in [4.78, 5) is 11.6. The summed E-state index contributed by atoms with van der Waals surface area (Å²) >= 11 is 0. The lowest BCUT2D eigenvalue weighted by molar-refractivity contribution is -0.117. The van der Waals surface area contributed by atoms with Gasteiger partial charge in [0.25, 0.3) is 0 Å². The molecule has 4 nitrogen and oxygen atoms in total. The molecule has 0 aromatic heterocycles. The van der Waals surface area contributed by atoms with Gasteiger partial charge in [-0.1, -0.05) is 12.1 Å². The molecule has 0 radical (unpaired) electrons. The van der Waals surface area contributed by atoms with E-state index in [-0.39, 0.29) is 11.9 Å². The molecule has 0 bridgehead atoms. The van der Waals surface area contributed by atoms with Crippen LogP contribution in [0.5, 0.6) is 5.75 Å². The Bertz CT molecular complexity index is 412. The highest BCUT2D eigenvalue weighted by molar-refractivity contribution is 5.91. The first kappa shape index (κ1) is 15.2. The van der Waals surface area contributed by atoms with Gasteiger partial charge >= 0.3 is 0 Å². The summed E-state index contributed by atoms with van der Waals surface area (Å²) in [6.07, 6.45) is 3.28. The quantitative estimate of drug-likeness (QED) is 0.768. The van der Waals surface area contributed by atoms with E-state index in [2.05, 4.69) is 5.32 Å². The molecule has 104 valence electrons. The molecule has 1 atom stereocenters. The minimum atomic E-state index is -0.126. The second-order valence-electron chi connectivity index (χ2n) is 4.20. The summed E-state index contributed by atoms with van der Waals surface area (Å²) in [5.41, 5.74) is 0.956. The van der Waals surface area contributed by atoms with Crippen LogP contribution in [0.15, 0.2) is 30.3 Å². The monoisotopic (exact) mass is 263 g/mol. The molecule has 1 aromatic carbocycles. The van der Waals surface area contributed by atoms with E-state index in [4.69, 9.17) is 9.47 Å². The van der Waals surface area contributed by atoms with Crippen molar-refractivity contribution in [1.82, 2.24) is 5.32 Å². The molecule has 4 heteroatoms. The van der Waals surface area contributed by atoms with Gasteiger partial charge in [-0.05, 0) is 37.6 Å². The smallest absolute Gasteiger partial charge is 0.244 e. The van der Waals surface area contributed by atoms with Gasteiger partial charge in [-0.2, -0.15) is 0 Å². The molecule has 0 spiro atoms. The fourth-order valence-corrected chi connectivity index (χ4v) is 1.60. The van der Waals surface area contributed by atoms with Crippen LogP contribution in [-0.2, 0) is 9.53 Å². The molecular weight excluding hydrogens is 242 g/mol. The minimum Gasteiger partial charge on any atom is -0.494 e. The van der Waals surface area contributed by atoms with Crippen molar-refractivity contribution in [3.63, 3.8) is 0 Å². The van der Waals surface area contributed by atoms with Crippen LogP contribution in [0.2, 0.25) is 0 Å². The third kappa shape index (κ3) is 6.06. The van der Waals surface area contributed by atoms with E-state index in [1.165, 1.54) is 6.08 Å². The average Bonchev–Trinajstić information content (AvgIpc) is 2.38. The van der Waals surface area contributed by atoms with Crippen LogP contribution in [0, 0.1) is 0 Å². The summed E-state index contributed by atoms with van der Waals surface area (Å²) in [6, 6.07) is 7.59. The topological polar surface area (TPSA) is 47.6 Å². The molecule has 0 heterocycles. The highest BCUT2D eigenvalue weighted by Crippen LogP contribution is 2.12. The van der Waals surface area contributed by atoms with Crippen molar-refractivity contribution < 1.29 is 14.3 Å². The molecule has 19 heavy (non-hydrogen) atoms. The predicted molar refractivity (Wildman–Crippen MR) is 76.1 cm³/mol. The molecule has 0 saturated heterocycles. The van der Waals surface area contributed by atoms with Crippen LogP contribution in [0.1, 0.15) is 19.4 Å². The van der Waals surface area contributed by atoms with Gasteiger partial charge < -0.3 is 14.8 Å². The van der Waals surface area contributed by atoms with Gasteiger partial charge in [0, 0.05) is 19.2 Å². The van der Waals surface area contributed by atoms with Gasteiger partial charge in [-0.3, -0.25) is 4.79 Å². The SMILES string of the molecule is CCOc1ccc(C=CC(=O)NC(C)COC)cc1. The zero-order chi connectivity index (χ0) is 14.1. The maximum Gasteiger partial charge on any atom is 0.244 e. The summed E-state index contributed by atoms with van der Waals surface area (Å²) in [7, 11) is 1.61. The Morgan fingerprint density at radius 3 is 2.63 bits per heavy atom. The van der Waals surface area contributed by atoms with Crippen LogP contribution in [0.4, 0.5) is 0 Å². The van der Waals surface area contributed by atoms with Crippen molar-refractivity contribution in [1.29, 1.82) is 0 Å². The average molecular weight is 263 g/mol. The van der Waals surface area contributed by atoms with Crippen molar-refractivity contribution in [3.8, 4) is 5.75 Å². The molecule has 0 aliphatic carbocycles. The third-order valence-corrected chi connectivity index (χ3v) is 2.42. The van der Waals surface area contributed by atoms with Gasteiger partial charge in [-0.15, -0.1) is 0 Å². The van der Waals surface area contributed by atoms with E-state index in [0.717, 1.165) is 11.3 Å². The number of ether oxygens (including phenoxy) is 2. The third-order valence-electron chi connectivity index (χ3n) is 2.42. The largest absolute Gasteiger partial charge is 0.494 e. The molecule has 1 amide bonds. The maximum atomic E-state index is 11.6. The minimum absolute atomic E-state index is 0.00230. The standard InChI is InChI=1S/C15H21NO3/c1-4-19-14-8-5-13(6-9-14)7-10-15(17)16-12(2)11-18-3/h5-10,12H,4,11H2,1-3H3,(H,16,17). The van der Waals surface area contributed by atoms with Crippen molar-refractivity contribution >= 4 is 12.0 Å². The summed E-state index contributed by atoms with van der Waals surface area (Å²) < 4.78 is 10.3. The first-order valence-corrected chi connectivity index (χ1v) is 6.36. The van der Waals surface area contributed by atoms with E-state index in [9.17, 15) is 4.79 Å². The summed E-state index contributed by atoms with van der Waals surface area (Å²) in [5, 5.41) is 2.81. The van der Waals surface area contributed by atoms with Crippen molar-refractivity contribution in [2.45, 2.75) is 19.9 Å². The van der Waals surface area contributed by atoms with E-state index >= 15 is 0 Å². The second-order valence-corrected chi connectivity index (χ2v) is 4.20. The number of nitrogens with one attached hydrogen (secondary N) is 1. The summed E-state index contributed by atoms with van der Waals surface area (Å²) in [5.74, 6) is 0.705. The zero-order valence-electron chi connectivity index (χ0n) is 11.7. The number of carbonyl (C=O) groups excluding carboxylic acids is 1. The van der Waals surface area contributed by atoms with Crippen LogP contribution in [-0.4, -0.2) is 32.3 Å². The molecule has 1 aromatic rings. The van der Waals surface area contributed by atoms with Crippen LogP contribution in [0.3, 0.4) is 0 Å². The fraction of sp³-hybridized carbons (Fsp3) is 0.400. The predicted octanol–water partition coefficient (Wildman–Crippen LogP) is 2.25. The number of methoxy groups -OCH3 is 1. The molecule has 1 unspecified atom stereocenters. The highest BCUT2D eigenvalue weighted by Gasteiger charge is 2.03. The van der Waals surface area contributed by atoms with Crippen LogP contribution in [0.25, 0.3) is 6.08 Å². The van der Waals surface area contributed by atoms with Crippen LogP contribution >= 0.6 is 0 Å². The number of hydrogen-bond acceptors (Lipinski definition) is 3. The molecule has 0 fully saturated rings. The molecule has 0 aliphatic rings. The van der Waals surface area contributed by atoms with Gasteiger partial charge in [0.2, 0.25) is 5.91 Å². The molecular formula is C15H21NO3. The second kappa shape index (κ2) is 8.32. The van der Waals surface area contributed by atoms with Crippen LogP contribution < -0.4 is 10.1 Å². The van der Waals surface area contributed by atoms with E-state index in [1.807, 2.05) is 38.1 Å². The number of amides is 1. The van der Waals surface area contributed by atoms with E-state index < -0.39 is 0 Å². The van der Waals surface area contributed by atoms with Crippen molar-refractivity contribution in [2.75, 3.05) is 20.3 Å². The molecule has 0 aliphatic heterocycles. The van der Waals surface area contributed by atoms with E-state index in [0.29, 0.717) is 13.2 Å². The Morgan fingerprint density at radius 2 is 2.05 bits per heavy atom. The van der Waals surface area contributed by atoms with Crippen molar-refractivity contribution in [2.24, 2.45) is 0 Å². The number of benzene rings is 1. The normalized spacial score (nSPS) is 12.4. The lowest BCUT2D eigenvalue weighted by Crippen LogP contribution is -2.34. The number of hydrogen-bond donors (Lipinski definition) is 1. The van der Waals surface area contributed by atoms with Gasteiger partial charge in [0.1, 0.15) is 5.75 Å². The first-order chi connectivity index (χ1) is 9.15. The van der Waals surface area contributed by atoms with Crippen molar-refractivity contribution in [3.05, 3.63) is 35.9 Å². The lowest BCUT2D eigenvalue weighted by atomic mass is 10.2. The van der Waals surface area contributed by atoms with Gasteiger partial charge in [0.05, 0.1) is 13.2 Å². The Hall–Kier alpha value is -1.81. The van der Waals surface area contributed by atoms with E-state index in [1.54, 1.807) is 13.2 Å². The Morgan fingerprint density at radius 1 is 1.37 bits per heavy atom. The first-order valence-electron chi connectivity index (χ1n) is 6.36. The molecule has 1 rings (SSSR count). The maximum absolute atomic E-state index is 11.6. The number of rotatable bonds is 7. The Labute approximate surface area is 114 Å². The zero-order valence-corrected chi connectivity index (χ0v) is 11.7. The molecule has 1 N–H and O–H groups in total. The molecule has 0 saturated carbocycles. The fourth-order valence-electron chi connectivity index (χ4n) is 1.60. The van der Waals surface area contributed by atoms with Gasteiger partial charge in [-0.25, -0.2) is 0 Å². The Kier molecular flexibility index (Phi) is 6.68. The lowest BCUT2D eigenvalue weighted by Gasteiger charge is -2.10. The highest BCUT2D eigenvalue weighted by atomic mass is 16.5. The summed E-state index contributed by atoms with van der Waals surface area (Å²) in [6.45, 7) is 4.99. The Balaban J connectivity index is 2.49. The number of carbonyl (C=O) groups is 1.